The number of nitrogens with zero attached hydrogens (tertiary/aromatic N) is 1. The first-order valence-corrected chi connectivity index (χ1v) is 9.25. The Kier molecular flexibility index (Phi) is 7.29. The molecule has 10 nitrogen and oxygen atoms in total. The number of aryl methyl sites for hydroxylation is 1. The Bertz CT molecular complexity index is 1030. The number of benzene rings is 1. The van der Waals surface area contributed by atoms with Crippen LogP contribution < -0.4 is 22.0 Å². The SMILES string of the molecule is Cc1[nH]c(=O)[nH]c(=O)c1/C=N/NC(=O)[C@H](Cc1ccccc1)NC(=O)OC(C)(C)C. The second-order valence-corrected chi connectivity index (χ2v) is 7.57. The van der Waals surface area contributed by atoms with Crippen LogP contribution >= 0.6 is 0 Å². The maximum absolute atomic E-state index is 12.6. The molecule has 1 aromatic heterocycles. The van der Waals surface area contributed by atoms with E-state index < -0.39 is 34.9 Å². The lowest BCUT2D eigenvalue weighted by Crippen LogP contribution is -2.48. The molecule has 0 spiro atoms. The summed E-state index contributed by atoms with van der Waals surface area (Å²) in [5.74, 6) is -0.598. The Balaban J connectivity index is 2.14. The first kappa shape index (κ1) is 22.6. The van der Waals surface area contributed by atoms with Crippen LogP contribution in [0.2, 0.25) is 0 Å². The molecule has 0 aliphatic carbocycles. The smallest absolute Gasteiger partial charge is 0.408 e. The van der Waals surface area contributed by atoms with Gasteiger partial charge in [0.25, 0.3) is 11.5 Å². The van der Waals surface area contributed by atoms with Crippen molar-refractivity contribution in [3.63, 3.8) is 0 Å². The van der Waals surface area contributed by atoms with Gasteiger partial charge in [0, 0.05) is 12.1 Å². The zero-order valence-corrected chi connectivity index (χ0v) is 17.2. The van der Waals surface area contributed by atoms with Crippen molar-refractivity contribution in [2.45, 2.75) is 45.8 Å². The molecule has 160 valence electrons. The highest BCUT2D eigenvalue weighted by Gasteiger charge is 2.24. The van der Waals surface area contributed by atoms with E-state index in [4.69, 9.17) is 4.74 Å². The van der Waals surface area contributed by atoms with Gasteiger partial charge in [0.05, 0.1) is 11.8 Å². The second kappa shape index (κ2) is 9.68. The standard InChI is InChI=1S/C20H25N5O5/c1-12-14(16(26)24-18(28)22-12)11-21-25-17(27)15(10-13-8-6-5-7-9-13)23-19(29)30-20(2,3)4/h5-9,11,15H,10H2,1-4H3,(H,23,29)(H,25,27)(H2,22,24,26,28)/b21-11+/t15-/m0/s1. The highest BCUT2D eigenvalue weighted by molar-refractivity contribution is 5.87. The molecule has 0 radical (unpaired) electrons. The number of amides is 2. The molecule has 0 unspecified atom stereocenters. The molecule has 10 heteroatoms. The number of ether oxygens (including phenoxy) is 1. The fourth-order valence-electron chi connectivity index (χ4n) is 2.51. The van der Waals surface area contributed by atoms with Crippen LogP contribution in [0.25, 0.3) is 0 Å². The average molecular weight is 415 g/mol. The van der Waals surface area contributed by atoms with Crippen molar-refractivity contribution >= 4 is 18.2 Å². The van der Waals surface area contributed by atoms with Gasteiger partial charge >= 0.3 is 11.8 Å². The summed E-state index contributed by atoms with van der Waals surface area (Å²) in [4.78, 5) is 52.4. The Morgan fingerprint density at radius 1 is 1.17 bits per heavy atom. The number of alkyl carbamates (subject to hydrolysis) is 1. The molecule has 4 N–H and O–H groups in total. The molecule has 0 aliphatic heterocycles. The summed E-state index contributed by atoms with van der Waals surface area (Å²) in [5, 5.41) is 6.32. The van der Waals surface area contributed by atoms with Crippen LogP contribution in [-0.4, -0.2) is 39.8 Å². The van der Waals surface area contributed by atoms with Gasteiger partial charge in [0.1, 0.15) is 11.6 Å². The van der Waals surface area contributed by atoms with Crippen LogP contribution in [0.1, 0.15) is 37.6 Å². The molecule has 0 saturated carbocycles. The van der Waals surface area contributed by atoms with Gasteiger partial charge in [-0.2, -0.15) is 5.10 Å². The average Bonchev–Trinajstić information content (AvgIpc) is 2.62. The lowest BCUT2D eigenvalue weighted by molar-refractivity contribution is -0.123. The monoisotopic (exact) mass is 415 g/mol. The molecule has 2 rings (SSSR count). The first-order valence-electron chi connectivity index (χ1n) is 9.25. The number of carbonyl (C=O) groups excluding carboxylic acids is 2. The van der Waals surface area contributed by atoms with Crippen LogP contribution in [0.4, 0.5) is 4.79 Å². The van der Waals surface area contributed by atoms with Gasteiger partial charge in [0.15, 0.2) is 0 Å². The number of rotatable bonds is 6. The van der Waals surface area contributed by atoms with Crippen LogP contribution in [0.3, 0.4) is 0 Å². The van der Waals surface area contributed by atoms with E-state index in [-0.39, 0.29) is 12.0 Å². The number of hydrogen-bond donors (Lipinski definition) is 4. The third-order valence-electron chi connectivity index (χ3n) is 3.84. The minimum Gasteiger partial charge on any atom is -0.444 e. The fraction of sp³-hybridized carbons (Fsp3) is 0.350. The van der Waals surface area contributed by atoms with Crippen LogP contribution in [0.15, 0.2) is 45.0 Å². The highest BCUT2D eigenvalue weighted by atomic mass is 16.6. The number of carbonyl (C=O) groups is 2. The van der Waals surface area contributed by atoms with Gasteiger partial charge in [-0.15, -0.1) is 0 Å². The summed E-state index contributed by atoms with van der Waals surface area (Å²) < 4.78 is 5.22. The molecular formula is C20H25N5O5. The largest absolute Gasteiger partial charge is 0.444 e. The number of hydrogen-bond acceptors (Lipinski definition) is 6. The van der Waals surface area contributed by atoms with Gasteiger partial charge in [-0.1, -0.05) is 30.3 Å². The normalized spacial score (nSPS) is 12.4. The van der Waals surface area contributed by atoms with Crippen molar-refractivity contribution in [1.29, 1.82) is 0 Å². The second-order valence-electron chi connectivity index (χ2n) is 7.57. The Morgan fingerprint density at radius 2 is 1.83 bits per heavy atom. The minimum absolute atomic E-state index is 0.0922. The number of aromatic nitrogens is 2. The van der Waals surface area contributed by atoms with E-state index in [1.165, 1.54) is 6.92 Å². The quantitative estimate of drug-likeness (QED) is 0.410. The molecule has 0 fully saturated rings. The molecule has 1 atom stereocenters. The van der Waals surface area contributed by atoms with E-state index in [0.29, 0.717) is 5.69 Å². The van der Waals surface area contributed by atoms with Gasteiger partial charge < -0.3 is 15.0 Å². The van der Waals surface area contributed by atoms with Crippen LogP contribution in [-0.2, 0) is 16.0 Å². The summed E-state index contributed by atoms with van der Waals surface area (Å²) in [6.07, 6.45) is 0.588. The number of hydrazone groups is 1. The lowest BCUT2D eigenvalue weighted by atomic mass is 10.1. The molecule has 1 aromatic carbocycles. The van der Waals surface area contributed by atoms with Crippen molar-refractivity contribution < 1.29 is 14.3 Å². The number of nitrogens with one attached hydrogen (secondary N) is 4. The van der Waals surface area contributed by atoms with Crippen molar-refractivity contribution in [3.05, 3.63) is 68.0 Å². The Hall–Kier alpha value is -3.69. The number of aromatic amines is 2. The summed E-state index contributed by atoms with van der Waals surface area (Å²) in [5.41, 5.74) is 1.53. The molecule has 0 aliphatic rings. The lowest BCUT2D eigenvalue weighted by Gasteiger charge is -2.23. The maximum atomic E-state index is 12.6. The predicted octanol–water partition coefficient (Wildman–Crippen LogP) is 0.958. The van der Waals surface area contributed by atoms with Gasteiger partial charge in [-0.3, -0.25) is 14.6 Å². The summed E-state index contributed by atoms with van der Waals surface area (Å²) in [7, 11) is 0. The summed E-state index contributed by atoms with van der Waals surface area (Å²) in [6, 6.07) is 8.17. The fourth-order valence-corrected chi connectivity index (χ4v) is 2.51. The molecule has 2 aromatic rings. The van der Waals surface area contributed by atoms with Crippen molar-refractivity contribution in [2.75, 3.05) is 0 Å². The van der Waals surface area contributed by atoms with Crippen molar-refractivity contribution in [2.24, 2.45) is 5.10 Å². The zero-order chi connectivity index (χ0) is 22.3. The van der Waals surface area contributed by atoms with Gasteiger partial charge in [-0.25, -0.2) is 15.0 Å². The van der Waals surface area contributed by atoms with E-state index in [9.17, 15) is 19.2 Å². The summed E-state index contributed by atoms with van der Waals surface area (Å²) in [6.45, 7) is 6.68. The van der Waals surface area contributed by atoms with Crippen LogP contribution in [0, 0.1) is 6.92 Å². The minimum atomic E-state index is -0.964. The third kappa shape index (κ3) is 7.04. The third-order valence-corrected chi connectivity index (χ3v) is 3.84. The molecule has 0 bridgehead atoms. The van der Waals surface area contributed by atoms with Crippen LogP contribution in [0.5, 0.6) is 0 Å². The van der Waals surface area contributed by atoms with E-state index in [1.54, 1.807) is 20.8 Å². The van der Waals surface area contributed by atoms with Crippen molar-refractivity contribution in [1.82, 2.24) is 20.7 Å². The summed E-state index contributed by atoms with van der Waals surface area (Å²) >= 11 is 0. The van der Waals surface area contributed by atoms with Gasteiger partial charge in [-0.05, 0) is 33.3 Å². The van der Waals surface area contributed by atoms with Crippen molar-refractivity contribution in [3.8, 4) is 0 Å². The topological polar surface area (TPSA) is 146 Å². The maximum Gasteiger partial charge on any atom is 0.408 e. The Morgan fingerprint density at radius 3 is 2.43 bits per heavy atom. The molecular weight excluding hydrogens is 390 g/mol. The predicted molar refractivity (Wildman–Crippen MR) is 111 cm³/mol. The van der Waals surface area contributed by atoms with E-state index in [0.717, 1.165) is 11.8 Å². The zero-order valence-electron chi connectivity index (χ0n) is 17.2. The molecule has 1 heterocycles. The molecule has 2 amide bonds. The highest BCUT2D eigenvalue weighted by Crippen LogP contribution is 2.08. The van der Waals surface area contributed by atoms with E-state index >= 15 is 0 Å². The first-order chi connectivity index (χ1) is 14.0. The number of H-pyrrole nitrogens is 2. The van der Waals surface area contributed by atoms with E-state index in [2.05, 4.69) is 25.8 Å². The molecule has 0 saturated heterocycles. The molecule has 30 heavy (non-hydrogen) atoms. The van der Waals surface area contributed by atoms with E-state index in [1.807, 2.05) is 30.3 Å². The Labute approximate surface area is 172 Å². The van der Waals surface area contributed by atoms with Gasteiger partial charge in [0.2, 0.25) is 0 Å².